The van der Waals surface area contributed by atoms with Gasteiger partial charge < -0.3 is 10.2 Å². The van der Waals surface area contributed by atoms with Crippen LogP contribution in [0.5, 0.6) is 0 Å². The van der Waals surface area contributed by atoms with Crippen LogP contribution in [0.4, 0.5) is 11.4 Å². The van der Waals surface area contributed by atoms with Crippen LogP contribution in [0.15, 0.2) is 83.8 Å². The van der Waals surface area contributed by atoms with Gasteiger partial charge >= 0.3 is 0 Å². The molecular weight excluding hydrogens is 422 g/mol. The molecule has 0 bridgehead atoms. The van der Waals surface area contributed by atoms with E-state index in [0.29, 0.717) is 17.8 Å². The molecule has 6 nitrogen and oxygen atoms in total. The molecule has 0 radical (unpaired) electrons. The zero-order valence-electron chi connectivity index (χ0n) is 18.1. The summed E-state index contributed by atoms with van der Waals surface area (Å²) in [6, 6.07) is 23.4. The second kappa shape index (κ2) is 9.44. The summed E-state index contributed by atoms with van der Waals surface area (Å²) in [4.78, 5) is 15.2. The first-order valence-electron chi connectivity index (χ1n) is 10.7. The van der Waals surface area contributed by atoms with Crippen molar-refractivity contribution >= 4 is 27.3 Å². The maximum atomic E-state index is 12.9. The number of sulfonamides is 1. The van der Waals surface area contributed by atoms with Gasteiger partial charge in [-0.2, -0.15) is 0 Å². The molecule has 0 spiro atoms. The highest BCUT2D eigenvalue weighted by Crippen LogP contribution is 2.27. The Bertz CT molecular complexity index is 1200. The fourth-order valence-electron chi connectivity index (χ4n) is 3.95. The molecule has 0 atom stereocenters. The van der Waals surface area contributed by atoms with Gasteiger partial charge in [-0.05, 0) is 54.8 Å². The molecular formula is C25H27N3O3S. The van der Waals surface area contributed by atoms with Crippen LogP contribution >= 0.6 is 0 Å². The van der Waals surface area contributed by atoms with Crippen molar-refractivity contribution in [1.29, 1.82) is 0 Å². The van der Waals surface area contributed by atoms with Crippen LogP contribution in [0.1, 0.15) is 22.3 Å². The lowest BCUT2D eigenvalue weighted by molar-refractivity contribution is 0.0953. The number of amides is 1. The first-order valence-corrected chi connectivity index (χ1v) is 12.2. The first-order chi connectivity index (χ1) is 15.5. The molecule has 0 fully saturated rings. The van der Waals surface area contributed by atoms with E-state index in [9.17, 15) is 13.2 Å². The van der Waals surface area contributed by atoms with E-state index in [2.05, 4.69) is 34.5 Å². The number of anilines is 2. The third kappa shape index (κ3) is 4.62. The molecule has 32 heavy (non-hydrogen) atoms. The van der Waals surface area contributed by atoms with Crippen LogP contribution in [-0.4, -0.2) is 41.0 Å². The van der Waals surface area contributed by atoms with E-state index in [-0.39, 0.29) is 10.8 Å². The summed E-state index contributed by atoms with van der Waals surface area (Å²) >= 11 is 0. The lowest BCUT2D eigenvalue weighted by atomic mass is 10.2. The Morgan fingerprint density at radius 1 is 1.00 bits per heavy atom. The summed E-state index contributed by atoms with van der Waals surface area (Å²) in [6.07, 6.45) is 1.90. The molecule has 0 aliphatic carbocycles. The number of carbonyl (C=O) groups excluding carboxylic acids is 1. The summed E-state index contributed by atoms with van der Waals surface area (Å²) in [5.74, 6) is -0.209. The minimum Gasteiger partial charge on any atom is -0.371 e. The number of hydrogen-bond acceptors (Lipinski definition) is 4. The van der Waals surface area contributed by atoms with Gasteiger partial charge in [-0.25, -0.2) is 8.42 Å². The number of benzene rings is 3. The van der Waals surface area contributed by atoms with Gasteiger partial charge in [-0.3, -0.25) is 9.10 Å². The Hall–Kier alpha value is -3.32. The van der Waals surface area contributed by atoms with E-state index in [1.165, 1.54) is 22.6 Å². The number of para-hydroxylation sites is 1. The van der Waals surface area contributed by atoms with Crippen molar-refractivity contribution in [2.45, 2.75) is 17.7 Å². The van der Waals surface area contributed by atoms with Gasteiger partial charge in [0.25, 0.3) is 15.9 Å². The minimum absolute atomic E-state index is 0.209. The molecule has 1 N–H and O–H groups in total. The van der Waals surface area contributed by atoms with Crippen LogP contribution in [0.2, 0.25) is 0 Å². The zero-order valence-corrected chi connectivity index (χ0v) is 18.9. The molecule has 0 unspecified atom stereocenters. The smallest absolute Gasteiger partial charge is 0.264 e. The van der Waals surface area contributed by atoms with Crippen LogP contribution in [0.3, 0.4) is 0 Å². The van der Waals surface area contributed by atoms with Crippen molar-refractivity contribution in [2.75, 3.05) is 35.9 Å². The van der Waals surface area contributed by atoms with Crippen molar-refractivity contribution in [3.05, 3.63) is 90.0 Å². The Kier molecular flexibility index (Phi) is 6.46. The number of nitrogens with zero attached hydrogens (tertiary/aromatic N) is 2. The average Bonchev–Trinajstić information content (AvgIpc) is 3.25. The van der Waals surface area contributed by atoms with Gasteiger partial charge in [-0.1, -0.05) is 42.5 Å². The van der Waals surface area contributed by atoms with E-state index in [1.807, 2.05) is 0 Å². The summed E-state index contributed by atoms with van der Waals surface area (Å²) in [6.45, 7) is 2.45. The maximum absolute atomic E-state index is 12.9. The van der Waals surface area contributed by atoms with Gasteiger partial charge in [0, 0.05) is 37.9 Å². The lowest BCUT2D eigenvalue weighted by Crippen LogP contribution is -2.30. The maximum Gasteiger partial charge on any atom is 0.264 e. The summed E-state index contributed by atoms with van der Waals surface area (Å²) in [5.41, 5.74) is 3.54. The number of nitrogens with one attached hydrogen (secondary N) is 1. The normalized spacial score (nSPS) is 13.0. The van der Waals surface area contributed by atoms with E-state index < -0.39 is 10.0 Å². The molecule has 3 aromatic rings. The van der Waals surface area contributed by atoms with E-state index in [1.54, 1.807) is 54.6 Å². The molecule has 0 saturated heterocycles. The van der Waals surface area contributed by atoms with Gasteiger partial charge in [-0.15, -0.1) is 0 Å². The fraction of sp³-hybridized carbons (Fsp3) is 0.240. The predicted octanol–water partition coefficient (Wildman–Crippen LogP) is 3.69. The summed E-state index contributed by atoms with van der Waals surface area (Å²) in [7, 11) is -2.20. The molecule has 0 saturated carbocycles. The third-order valence-corrected chi connectivity index (χ3v) is 7.55. The van der Waals surface area contributed by atoms with Gasteiger partial charge in [0.1, 0.15) is 0 Å². The van der Waals surface area contributed by atoms with Gasteiger partial charge in [0.05, 0.1) is 10.6 Å². The minimum atomic E-state index is -3.69. The Morgan fingerprint density at radius 3 is 2.56 bits per heavy atom. The van der Waals surface area contributed by atoms with E-state index >= 15 is 0 Å². The molecule has 1 aliphatic rings. The van der Waals surface area contributed by atoms with Crippen molar-refractivity contribution in [3.63, 3.8) is 0 Å². The molecule has 0 aromatic heterocycles. The Labute approximate surface area is 189 Å². The monoisotopic (exact) mass is 449 g/mol. The van der Waals surface area contributed by atoms with Crippen molar-refractivity contribution in [3.8, 4) is 0 Å². The van der Waals surface area contributed by atoms with Crippen LogP contribution in [0, 0.1) is 0 Å². The summed E-state index contributed by atoms with van der Waals surface area (Å²) < 4.78 is 26.9. The van der Waals surface area contributed by atoms with Crippen molar-refractivity contribution in [1.82, 2.24) is 5.32 Å². The van der Waals surface area contributed by atoms with Crippen molar-refractivity contribution < 1.29 is 13.2 Å². The highest BCUT2D eigenvalue weighted by atomic mass is 32.2. The molecule has 4 rings (SSSR count). The zero-order chi connectivity index (χ0) is 22.6. The molecule has 1 amide bonds. The highest BCUT2D eigenvalue weighted by Gasteiger charge is 2.22. The van der Waals surface area contributed by atoms with Crippen molar-refractivity contribution in [2.24, 2.45) is 0 Å². The average molecular weight is 450 g/mol. The quantitative estimate of drug-likeness (QED) is 0.533. The molecule has 1 aliphatic heterocycles. The molecule has 7 heteroatoms. The SMILES string of the molecule is CN(c1cccc(C(=O)NCCCN2CCc3ccccc32)c1)S(=O)(=O)c1ccccc1. The predicted molar refractivity (Wildman–Crippen MR) is 128 cm³/mol. The largest absolute Gasteiger partial charge is 0.371 e. The van der Waals surface area contributed by atoms with Gasteiger partial charge in [0.15, 0.2) is 0 Å². The number of hydrogen-bond donors (Lipinski definition) is 1. The number of carbonyl (C=O) groups is 1. The second-order valence-corrected chi connectivity index (χ2v) is 9.78. The van der Waals surface area contributed by atoms with Crippen LogP contribution in [-0.2, 0) is 16.4 Å². The van der Waals surface area contributed by atoms with Crippen LogP contribution in [0.25, 0.3) is 0 Å². The first kappa shape index (κ1) is 21.9. The third-order valence-electron chi connectivity index (χ3n) is 5.75. The standard InChI is InChI=1S/C25H27N3O3S/c1-27(32(30,31)23-12-3-2-4-13-23)22-11-7-10-21(19-22)25(29)26-16-8-17-28-18-15-20-9-5-6-14-24(20)28/h2-7,9-14,19H,8,15-18H2,1H3,(H,26,29). The Morgan fingerprint density at radius 2 is 1.75 bits per heavy atom. The van der Waals surface area contributed by atoms with E-state index in [4.69, 9.17) is 0 Å². The topological polar surface area (TPSA) is 69.7 Å². The molecule has 166 valence electrons. The second-order valence-electron chi connectivity index (χ2n) is 7.81. The highest BCUT2D eigenvalue weighted by molar-refractivity contribution is 7.92. The number of rotatable bonds is 8. The van der Waals surface area contributed by atoms with Crippen LogP contribution < -0.4 is 14.5 Å². The Balaban J connectivity index is 1.34. The molecule has 3 aromatic carbocycles. The lowest BCUT2D eigenvalue weighted by Gasteiger charge is -2.20. The fourth-order valence-corrected chi connectivity index (χ4v) is 5.15. The number of fused-ring (bicyclic) bond motifs is 1. The van der Waals surface area contributed by atoms with Gasteiger partial charge in [0.2, 0.25) is 0 Å². The molecule has 1 heterocycles. The van der Waals surface area contributed by atoms with E-state index in [0.717, 1.165) is 25.9 Å². The summed E-state index contributed by atoms with van der Waals surface area (Å²) in [5, 5.41) is 2.95.